The van der Waals surface area contributed by atoms with Gasteiger partial charge in [0.1, 0.15) is 23.8 Å². The molecule has 2 heterocycles. The molecule has 2 aliphatic carbocycles. The molecule has 0 saturated heterocycles. The highest BCUT2D eigenvalue weighted by Crippen LogP contribution is 2.55. The van der Waals surface area contributed by atoms with Gasteiger partial charge in [0.2, 0.25) is 0 Å². The fourth-order valence-corrected chi connectivity index (χ4v) is 6.68. The lowest BCUT2D eigenvalue weighted by Crippen LogP contribution is -2.37. The van der Waals surface area contributed by atoms with Crippen molar-refractivity contribution in [2.45, 2.75) is 54.6 Å². The lowest BCUT2D eigenvalue weighted by molar-refractivity contribution is -0.112. The summed E-state index contributed by atoms with van der Waals surface area (Å²) < 4.78 is 7.18. The molecule has 33 heavy (non-hydrogen) atoms. The Balaban J connectivity index is 1.23. The Morgan fingerprint density at radius 1 is 1.30 bits per heavy atom. The average Bonchev–Trinajstić information content (AvgIpc) is 3.68. The number of benzene rings is 1. The Kier molecular flexibility index (Phi) is 6.69. The molecule has 6 nitrogen and oxygen atoms in total. The lowest BCUT2D eigenvalue weighted by atomic mass is 9.90. The molecule has 2 atom stereocenters. The second-order valence-electron chi connectivity index (χ2n) is 9.80. The largest absolute Gasteiger partial charge is 0.360 e. The summed E-state index contributed by atoms with van der Waals surface area (Å²) in [5.41, 5.74) is 2.77. The molecule has 2 fully saturated rings. The quantitative estimate of drug-likeness (QED) is 0.395. The van der Waals surface area contributed by atoms with E-state index in [0.717, 1.165) is 58.2 Å². The lowest BCUT2D eigenvalue weighted by Gasteiger charge is -2.26. The number of thioether (sulfide) groups is 1. The van der Waals surface area contributed by atoms with Crippen molar-refractivity contribution in [3.8, 4) is 0 Å². The molecule has 8 heteroatoms. The van der Waals surface area contributed by atoms with E-state index in [0.29, 0.717) is 11.2 Å². The number of likely N-dealkylation sites (N-methyl/N-ethyl adjacent to an activating group) is 1. The van der Waals surface area contributed by atoms with Crippen LogP contribution in [0.2, 0.25) is 0 Å². The van der Waals surface area contributed by atoms with Crippen LogP contribution in [0.25, 0.3) is 0 Å². The van der Waals surface area contributed by atoms with E-state index in [-0.39, 0.29) is 12.0 Å². The molecule has 1 aromatic carbocycles. The van der Waals surface area contributed by atoms with Crippen molar-refractivity contribution in [2.24, 2.45) is 11.0 Å². The first-order valence-electron chi connectivity index (χ1n) is 11.8. The molecule has 0 amide bonds. The fourth-order valence-electron chi connectivity index (χ4n) is 4.71. The zero-order chi connectivity index (χ0) is 23.0. The summed E-state index contributed by atoms with van der Waals surface area (Å²) in [6, 6.07) is 9.92. The Bertz CT molecular complexity index is 1020. The minimum atomic E-state index is -0.254. The zero-order valence-electron chi connectivity index (χ0n) is 19.2. The fraction of sp³-hybridized carbons (Fsp3) is 0.560. The standard InChI is InChI=1S/C25H31BrN4O2S/c1-29(16-25(10-11-25)33-20-7-8-20)12-9-21-23(15-31)30(2)27-24(21)22-14-19(32-28-22)13-17-3-5-18(26)6-4-17/h3-6,14-15,20-21,23H,7-13,16H2,1-2H3. The van der Waals surface area contributed by atoms with E-state index in [2.05, 4.69) is 56.9 Å². The predicted octanol–water partition coefficient (Wildman–Crippen LogP) is 4.61. The van der Waals surface area contributed by atoms with Crippen LogP contribution >= 0.6 is 27.7 Å². The third-order valence-electron chi connectivity index (χ3n) is 6.84. The Labute approximate surface area is 208 Å². The van der Waals surface area contributed by atoms with Crippen molar-refractivity contribution >= 4 is 39.7 Å². The number of nitrogens with zero attached hydrogens (tertiary/aromatic N) is 4. The van der Waals surface area contributed by atoms with Crippen LogP contribution in [0.15, 0.2) is 44.4 Å². The first-order valence-corrected chi connectivity index (χ1v) is 13.5. The van der Waals surface area contributed by atoms with Crippen molar-refractivity contribution in [3.63, 3.8) is 0 Å². The highest BCUT2D eigenvalue weighted by molar-refractivity contribution is 9.10. The van der Waals surface area contributed by atoms with E-state index in [9.17, 15) is 4.79 Å². The number of aromatic nitrogens is 1. The van der Waals surface area contributed by atoms with E-state index in [1.54, 1.807) is 5.01 Å². The van der Waals surface area contributed by atoms with Crippen molar-refractivity contribution < 1.29 is 9.32 Å². The van der Waals surface area contributed by atoms with Crippen molar-refractivity contribution in [1.29, 1.82) is 0 Å². The Morgan fingerprint density at radius 2 is 2.06 bits per heavy atom. The first-order chi connectivity index (χ1) is 15.9. The molecule has 3 aliphatic rings. The third-order valence-corrected chi connectivity index (χ3v) is 9.21. The maximum atomic E-state index is 11.9. The number of aldehydes is 1. The summed E-state index contributed by atoms with van der Waals surface area (Å²) in [5, 5.41) is 11.7. The summed E-state index contributed by atoms with van der Waals surface area (Å²) in [7, 11) is 4.09. The van der Waals surface area contributed by atoms with Gasteiger partial charge in [0.05, 0.1) is 5.71 Å². The average molecular weight is 532 g/mol. The van der Waals surface area contributed by atoms with Gasteiger partial charge in [-0.2, -0.15) is 16.9 Å². The van der Waals surface area contributed by atoms with Crippen LogP contribution in [0, 0.1) is 5.92 Å². The topological polar surface area (TPSA) is 61.9 Å². The minimum absolute atomic E-state index is 0.0202. The Morgan fingerprint density at radius 3 is 2.73 bits per heavy atom. The van der Waals surface area contributed by atoms with Gasteiger partial charge in [0.15, 0.2) is 0 Å². The van der Waals surface area contributed by atoms with Gasteiger partial charge < -0.3 is 14.2 Å². The molecule has 2 saturated carbocycles. The molecule has 0 bridgehead atoms. The van der Waals surface area contributed by atoms with E-state index < -0.39 is 0 Å². The molecule has 2 unspecified atom stereocenters. The number of halogens is 1. The molecular weight excluding hydrogens is 500 g/mol. The molecule has 5 rings (SSSR count). The molecule has 176 valence electrons. The van der Waals surface area contributed by atoms with E-state index in [1.165, 1.54) is 25.7 Å². The molecule has 1 aliphatic heterocycles. The van der Waals surface area contributed by atoms with Crippen LogP contribution in [-0.2, 0) is 11.2 Å². The van der Waals surface area contributed by atoms with Crippen molar-refractivity contribution in [3.05, 3.63) is 51.8 Å². The van der Waals surface area contributed by atoms with E-state index >= 15 is 0 Å². The Hall–Kier alpha value is -1.64. The molecular formula is C25H31BrN4O2S. The number of carbonyl (C=O) groups is 1. The SMILES string of the molecule is CN(CCC1C(c2cc(Cc3ccc(Br)cc3)on2)=NN(C)C1C=O)CC1(SC2CC2)CC1. The van der Waals surface area contributed by atoms with Crippen LogP contribution < -0.4 is 0 Å². The minimum Gasteiger partial charge on any atom is -0.360 e. The summed E-state index contributed by atoms with van der Waals surface area (Å²) in [6.07, 6.45) is 8.05. The highest BCUT2D eigenvalue weighted by atomic mass is 79.9. The maximum Gasteiger partial charge on any atom is 0.144 e. The number of hydrogen-bond donors (Lipinski definition) is 0. The molecule has 2 aromatic rings. The summed E-state index contributed by atoms with van der Waals surface area (Å²) in [5.74, 6) is 0.822. The van der Waals surface area contributed by atoms with Gasteiger partial charge in [-0.3, -0.25) is 5.01 Å². The van der Waals surface area contributed by atoms with E-state index in [1.807, 2.05) is 25.2 Å². The zero-order valence-corrected chi connectivity index (χ0v) is 21.6. The highest BCUT2D eigenvalue weighted by Gasteiger charge is 2.47. The van der Waals surface area contributed by atoms with Crippen LogP contribution in [0.3, 0.4) is 0 Å². The van der Waals surface area contributed by atoms with Gasteiger partial charge in [-0.05, 0) is 63.4 Å². The summed E-state index contributed by atoms with van der Waals surface area (Å²) in [6.45, 7) is 2.08. The monoisotopic (exact) mass is 530 g/mol. The number of carbonyl (C=O) groups excluding carboxylic acids is 1. The third kappa shape index (κ3) is 5.54. The van der Waals surface area contributed by atoms with Gasteiger partial charge in [-0.1, -0.05) is 33.2 Å². The molecule has 0 spiro atoms. The maximum absolute atomic E-state index is 11.9. The summed E-state index contributed by atoms with van der Waals surface area (Å²) in [4.78, 5) is 14.4. The van der Waals surface area contributed by atoms with Gasteiger partial charge in [0.25, 0.3) is 0 Å². The molecule has 0 radical (unpaired) electrons. The van der Waals surface area contributed by atoms with Crippen molar-refractivity contribution in [2.75, 3.05) is 27.2 Å². The summed E-state index contributed by atoms with van der Waals surface area (Å²) >= 11 is 5.69. The number of hydrazone groups is 1. The first kappa shape index (κ1) is 23.1. The van der Waals surface area contributed by atoms with Gasteiger partial charge >= 0.3 is 0 Å². The number of rotatable bonds is 11. The normalized spacial score (nSPS) is 23.8. The number of hydrogen-bond acceptors (Lipinski definition) is 7. The molecule has 1 aromatic heterocycles. The van der Waals surface area contributed by atoms with E-state index in [4.69, 9.17) is 9.62 Å². The molecule has 0 N–H and O–H groups in total. The second kappa shape index (κ2) is 9.55. The second-order valence-corrected chi connectivity index (χ2v) is 12.5. The van der Waals surface area contributed by atoms with Crippen LogP contribution in [0.5, 0.6) is 0 Å². The smallest absolute Gasteiger partial charge is 0.144 e. The van der Waals surface area contributed by atoms with Gasteiger partial charge in [-0.15, -0.1) is 0 Å². The van der Waals surface area contributed by atoms with Gasteiger partial charge in [-0.25, -0.2) is 0 Å². The van der Waals surface area contributed by atoms with Crippen LogP contribution in [-0.4, -0.2) is 70.3 Å². The van der Waals surface area contributed by atoms with Crippen LogP contribution in [0.1, 0.15) is 49.1 Å². The van der Waals surface area contributed by atoms with Crippen LogP contribution in [0.4, 0.5) is 0 Å². The van der Waals surface area contributed by atoms with Crippen molar-refractivity contribution in [1.82, 2.24) is 15.1 Å². The predicted molar refractivity (Wildman–Crippen MR) is 136 cm³/mol. The van der Waals surface area contributed by atoms with Gasteiger partial charge in [0, 0.05) is 46.5 Å².